The molecule has 0 spiro atoms. The first-order chi connectivity index (χ1) is 17.8. The topological polar surface area (TPSA) is 95.6 Å². The predicted octanol–water partition coefficient (Wildman–Crippen LogP) is 4.94. The summed E-state index contributed by atoms with van der Waals surface area (Å²) in [4.78, 5) is 27.3. The van der Waals surface area contributed by atoms with Crippen molar-refractivity contribution >= 4 is 39.3 Å². The second-order valence-corrected chi connectivity index (χ2v) is 11.8. The standard InChI is InChI=1S/C28H31N3O4S2/c1-20(21-8-4-3-5-9-21)29-28(33)25-10-6-7-11-26(25)30-27(32)22-16-18-31(19-17-22)37(34,35)24-14-12-23(36-2)13-15-24/h3-15,20,22H,16-19H2,1-2H3,(H,29,33)(H,30,32)/t20-/m0/s1. The number of benzene rings is 3. The minimum absolute atomic E-state index is 0.194. The SMILES string of the molecule is CSc1ccc(S(=O)(=O)N2CCC(C(=O)Nc3ccccc3C(=O)N[C@@H](C)c3ccccc3)CC2)cc1. The van der Waals surface area contributed by atoms with Crippen LogP contribution < -0.4 is 10.6 Å². The van der Waals surface area contributed by atoms with Crippen molar-refractivity contribution in [2.45, 2.75) is 35.6 Å². The van der Waals surface area contributed by atoms with Gasteiger partial charge in [-0.2, -0.15) is 4.31 Å². The maximum atomic E-state index is 13.1. The Morgan fingerprint density at radius 1 is 0.919 bits per heavy atom. The zero-order valence-electron chi connectivity index (χ0n) is 20.9. The van der Waals surface area contributed by atoms with E-state index in [0.29, 0.717) is 24.1 Å². The molecule has 1 aliphatic rings. The fourth-order valence-corrected chi connectivity index (χ4v) is 6.26. The third-order valence-electron chi connectivity index (χ3n) is 6.60. The van der Waals surface area contributed by atoms with Crippen molar-refractivity contribution in [2.24, 2.45) is 5.92 Å². The maximum Gasteiger partial charge on any atom is 0.253 e. The number of amides is 2. The fraction of sp³-hybridized carbons (Fsp3) is 0.286. The number of nitrogens with one attached hydrogen (secondary N) is 2. The van der Waals surface area contributed by atoms with Crippen molar-refractivity contribution in [3.05, 3.63) is 90.0 Å². The lowest BCUT2D eigenvalue weighted by Crippen LogP contribution is -2.41. The van der Waals surface area contributed by atoms with Gasteiger partial charge < -0.3 is 10.6 Å². The second-order valence-electron chi connectivity index (χ2n) is 8.99. The van der Waals surface area contributed by atoms with Gasteiger partial charge in [-0.15, -0.1) is 11.8 Å². The van der Waals surface area contributed by atoms with Gasteiger partial charge in [0.2, 0.25) is 15.9 Å². The van der Waals surface area contributed by atoms with Crippen LogP contribution in [0.4, 0.5) is 5.69 Å². The minimum Gasteiger partial charge on any atom is -0.345 e. The van der Waals surface area contributed by atoms with Gasteiger partial charge in [-0.3, -0.25) is 9.59 Å². The van der Waals surface area contributed by atoms with Crippen LogP contribution in [0.2, 0.25) is 0 Å². The molecule has 37 heavy (non-hydrogen) atoms. The molecule has 0 radical (unpaired) electrons. The van der Waals surface area contributed by atoms with Crippen LogP contribution in [0.5, 0.6) is 0 Å². The highest BCUT2D eigenvalue weighted by Crippen LogP contribution is 2.27. The number of piperidine rings is 1. The van der Waals surface area contributed by atoms with Gasteiger partial charge in [0.1, 0.15) is 0 Å². The van der Waals surface area contributed by atoms with Gasteiger partial charge in [0, 0.05) is 23.9 Å². The predicted molar refractivity (Wildman–Crippen MR) is 147 cm³/mol. The van der Waals surface area contributed by atoms with E-state index < -0.39 is 10.0 Å². The van der Waals surface area contributed by atoms with Crippen LogP contribution in [-0.4, -0.2) is 43.9 Å². The molecule has 0 aromatic heterocycles. The highest BCUT2D eigenvalue weighted by Gasteiger charge is 2.32. The molecule has 4 rings (SSSR count). The van der Waals surface area contributed by atoms with Gasteiger partial charge in [-0.05, 0) is 68.0 Å². The Bertz CT molecular complexity index is 1340. The average molecular weight is 538 g/mol. The number of hydrogen-bond donors (Lipinski definition) is 2. The van der Waals surface area contributed by atoms with Gasteiger partial charge in [0.25, 0.3) is 5.91 Å². The van der Waals surface area contributed by atoms with Crippen LogP contribution >= 0.6 is 11.8 Å². The summed E-state index contributed by atoms with van der Waals surface area (Å²) in [5.74, 6) is -0.830. The molecule has 1 aliphatic heterocycles. The molecular formula is C28H31N3O4S2. The molecule has 0 bridgehead atoms. The summed E-state index contributed by atoms with van der Waals surface area (Å²) in [6, 6.07) is 23.2. The molecule has 194 valence electrons. The van der Waals surface area contributed by atoms with Gasteiger partial charge in [-0.25, -0.2) is 8.42 Å². The lowest BCUT2D eigenvalue weighted by atomic mass is 9.97. The minimum atomic E-state index is -3.61. The zero-order chi connectivity index (χ0) is 26.4. The maximum absolute atomic E-state index is 13.1. The summed E-state index contributed by atoms with van der Waals surface area (Å²) in [5, 5.41) is 5.89. The molecule has 1 saturated heterocycles. The van der Waals surface area contributed by atoms with Crippen molar-refractivity contribution in [3.8, 4) is 0 Å². The lowest BCUT2D eigenvalue weighted by molar-refractivity contribution is -0.120. The Morgan fingerprint density at radius 3 is 2.19 bits per heavy atom. The Morgan fingerprint density at radius 2 is 1.54 bits per heavy atom. The lowest BCUT2D eigenvalue weighted by Gasteiger charge is -2.30. The van der Waals surface area contributed by atoms with Crippen molar-refractivity contribution in [1.82, 2.24) is 9.62 Å². The van der Waals surface area contributed by atoms with E-state index in [1.165, 1.54) is 4.31 Å². The molecule has 0 unspecified atom stereocenters. The van der Waals surface area contributed by atoms with Crippen LogP contribution in [0.1, 0.15) is 41.7 Å². The van der Waals surface area contributed by atoms with Crippen LogP contribution in [0, 0.1) is 5.92 Å². The molecule has 9 heteroatoms. The van der Waals surface area contributed by atoms with Crippen molar-refractivity contribution in [3.63, 3.8) is 0 Å². The number of carbonyl (C=O) groups excluding carboxylic acids is 2. The summed E-state index contributed by atoms with van der Waals surface area (Å²) >= 11 is 1.55. The van der Waals surface area contributed by atoms with E-state index >= 15 is 0 Å². The Labute approximate surface area is 222 Å². The summed E-state index contributed by atoms with van der Waals surface area (Å²) < 4.78 is 27.5. The highest BCUT2D eigenvalue weighted by molar-refractivity contribution is 7.98. The normalized spacial score (nSPS) is 15.6. The first-order valence-corrected chi connectivity index (χ1v) is 14.9. The van der Waals surface area contributed by atoms with E-state index in [1.54, 1.807) is 60.3 Å². The van der Waals surface area contributed by atoms with Crippen molar-refractivity contribution in [2.75, 3.05) is 24.7 Å². The molecule has 3 aromatic rings. The number of nitrogens with zero attached hydrogens (tertiary/aromatic N) is 1. The second kappa shape index (κ2) is 11.9. The molecule has 1 atom stereocenters. The van der Waals surface area contributed by atoms with Crippen LogP contribution in [0.15, 0.2) is 88.7 Å². The first kappa shape index (κ1) is 26.9. The Hall–Kier alpha value is -3.14. The van der Waals surface area contributed by atoms with Gasteiger partial charge in [-0.1, -0.05) is 42.5 Å². The third-order valence-corrected chi connectivity index (χ3v) is 9.26. The Kier molecular flexibility index (Phi) is 8.68. The monoisotopic (exact) mass is 537 g/mol. The molecule has 2 amide bonds. The van der Waals surface area contributed by atoms with Gasteiger partial charge >= 0.3 is 0 Å². The van der Waals surface area contributed by atoms with Crippen molar-refractivity contribution < 1.29 is 18.0 Å². The number of para-hydroxylation sites is 1. The molecule has 1 fully saturated rings. The first-order valence-electron chi connectivity index (χ1n) is 12.2. The van der Waals surface area contributed by atoms with Crippen LogP contribution in [0.25, 0.3) is 0 Å². The number of sulfonamides is 1. The number of hydrogen-bond acceptors (Lipinski definition) is 5. The van der Waals surface area contributed by atoms with Gasteiger partial charge in [0.05, 0.1) is 22.2 Å². The summed E-state index contributed by atoms with van der Waals surface area (Å²) in [5.41, 5.74) is 1.81. The molecule has 1 heterocycles. The largest absolute Gasteiger partial charge is 0.345 e. The highest BCUT2D eigenvalue weighted by atomic mass is 32.2. The average Bonchev–Trinajstić information content (AvgIpc) is 2.93. The zero-order valence-corrected chi connectivity index (χ0v) is 22.5. The van der Waals surface area contributed by atoms with E-state index in [1.807, 2.05) is 43.5 Å². The molecular weight excluding hydrogens is 506 g/mol. The number of rotatable bonds is 8. The van der Waals surface area contributed by atoms with E-state index in [4.69, 9.17) is 0 Å². The van der Waals surface area contributed by atoms with E-state index in [0.717, 1.165) is 10.5 Å². The summed E-state index contributed by atoms with van der Waals surface area (Å²) in [7, 11) is -3.61. The van der Waals surface area contributed by atoms with E-state index in [9.17, 15) is 18.0 Å². The van der Waals surface area contributed by atoms with Crippen LogP contribution in [-0.2, 0) is 14.8 Å². The van der Waals surface area contributed by atoms with E-state index in [-0.39, 0.29) is 41.8 Å². The summed E-state index contributed by atoms with van der Waals surface area (Å²) in [6.45, 7) is 2.44. The number of anilines is 1. The number of carbonyl (C=O) groups is 2. The molecule has 3 aromatic carbocycles. The fourth-order valence-electron chi connectivity index (χ4n) is 4.38. The molecule has 2 N–H and O–H groups in total. The molecule has 0 saturated carbocycles. The summed E-state index contributed by atoms with van der Waals surface area (Å²) in [6.07, 6.45) is 2.76. The Balaban J connectivity index is 1.37. The quantitative estimate of drug-likeness (QED) is 0.397. The molecule has 7 nitrogen and oxygen atoms in total. The van der Waals surface area contributed by atoms with Gasteiger partial charge in [0.15, 0.2) is 0 Å². The third kappa shape index (κ3) is 6.41. The van der Waals surface area contributed by atoms with Crippen molar-refractivity contribution in [1.29, 1.82) is 0 Å². The smallest absolute Gasteiger partial charge is 0.253 e. The number of thioether (sulfide) groups is 1. The van der Waals surface area contributed by atoms with E-state index in [2.05, 4.69) is 10.6 Å². The van der Waals surface area contributed by atoms with Crippen LogP contribution in [0.3, 0.4) is 0 Å². The molecule has 0 aliphatic carbocycles.